The van der Waals surface area contributed by atoms with Gasteiger partial charge in [0.25, 0.3) is 0 Å². The van der Waals surface area contributed by atoms with Crippen molar-refractivity contribution in [1.29, 1.82) is 0 Å². The van der Waals surface area contributed by atoms with E-state index in [2.05, 4.69) is 18.8 Å². The second kappa shape index (κ2) is 2.83. The summed E-state index contributed by atoms with van der Waals surface area (Å²) in [5.74, 6) is 0.700. The SMILES string of the molecule is CC1(C)CC1(CO)c1scnc1C1CC1. The highest BCUT2D eigenvalue weighted by atomic mass is 32.1. The molecule has 3 heteroatoms. The fourth-order valence-corrected chi connectivity index (χ4v) is 3.95. The minimum Gasteiger partial charge on any atom is -0.395 e. The van der Waals surface area contributed by atoms with Crippen LogP contribution in [0.5, 0.6) is 0 Å². The molecule has 0 bridgehead atoms. The highest BCUT2D eigenvalue weighted by Gasteiger charge is 2.63. The van der Waals surface area contributed by atoms with Gasteiger partial charge in [-0.3, -0.25) is 0 Å². The predicted octanol–water partition coefficient (Wildman–Crippen LogP) is 2.68. The van der Waals surface area contributed by atoms with Crippen LogP contribution in [0.3, 0.4) is 0 Å². The summed E-state index contributed by atoms with van der Waals surface area (Å²) in [6, 6.07) is 0. The van der Waals surface area contributed by atoms with E-state index < -0.39 is 0 Å². The van der Waals surface area contributed by atoms with Crippen molar-refractivity contribution in [2.45, 2.75) is 44.4 Å². The van der Waals surface area contributed by atoms with E-state index in [1.165, 1.54) is 23.4 Å². The lowest BCUT2D eigenvalue weighted by Crippen LogP contribution is -2.19. The summed E-state index contributed by atoms with van der Waals surface area (Å²) in [6.07, 6.45) is 3.69. The van der Waals surface area contributed by atoms with Crippen LogP contribution >= 0.6 is 11.3 Å². The molecular formula is C12H17NOS. The average molecular weight is 223 g/mol. The maximum absolute atomic E-state index is 9.67. The van der Waals surface area contributed by atoms with E-state index >= 15 is 0 Å². The lowest BCUT2D eigenvalue weighted by Gasteiger charge is -2.17. The molecule has 1 aromatic heterocycles. The third kappa shape index (κ3) is 1.23. The van der Waals surface area contributed by atoms with Crippen molar-refractivity contribution in [1.82, 2.24) is 4.98 Å². The molecule has 0 saturated heterocycles. The quantitative estimate of drug-likeness (QED) is 0.854. The standard InChI is InChI=1S/C12H17NOS/c1-11(2)5-12(11,6-14)10-9(8-3-4-8)13-7-15-10/h7-8,14H,3-6H2,1-2H3. The van der Waals surface area contributed by atoms with Crippen LogP contribution in [-0.2, 0) is 5.41 Å². The van der Waals surface area contributed by atoms with Gasteiger partial charge in [-0.15, -0.1) is 11.3 Å². The molecule has 2 aliphatic carbocycles. The molecule has 3 rings (SSSR count). The van der Waals surface area contributed by atoms with Crippen LogP contribution in [0.1, 0.15) is 49.6 Å². The minimum absolute atomic E-state index is 0.0338. The molecule has 82 valence electrons. The lowest BCUT2D eigenvalue weighted by atomic mass is 9.93. The van der Waals surface area contributed by atoms with Crippen molar-refractivity contribution in [2.75, 3.05) is 6.61 Å². The normalized spacial score (nSPS) is 33.0. The number of thiazole rings is 1. The second-order valence-electron chi connectivity index (χ2n) is 5.64. The molecule has 2 saturated carbocycles. The van der Waals surface area contributed by atoms with Crippen molar-refractivity contribution in [3.8, 4) is 0 Å². The van der Waals surface area contributed by atoms with Crippen molar-refractivity contribution >= 4 is 11.3 Å². The van der Waals surface area contributed by atoms with E-state index in [-0.39, 0.29) is 17.4 Å². The van der Waals surface area contributed by atoms with Gasteiger partial charge in [-0.2, -0.15) is 0 Å². The summed E-state index contributed by atoms with van der Waals surface area (Å²) < 4.78 is 0. The van der Waals surface area contributed by atoms with Gasteiger partial charge >= 0.3 is 0 Å². The molecule has 0 aliphatic heterocycles. The monoisotopic (exact) mass is 223 g/mol. The number of hydrogen-bond donors (Lipinski definition) is 1. The first kappa shape index (κ1) is 9.79. The van der Waals surface area contributed by atoms with Gasteiger partial charge < -0.3 is 5.11 Å². The Morgan fingerprint density at radius 2 is 2.20 bits per heavy atom. The van der Waals surface area contributed by atoms with Crippen LogP contribution in [0.2, 0.25) is 0 Å². The summed E-state index contributed by atoms with van der Waals surface area (Å²) in [5.41, 5.74) is 3.54. The highest BCUT2D eigenvalue weighted by molar-refractivity contribution is 7.10. The smallest absolute Gasteiger partial charge is 0.0798 e. The van der Waals surface area contributed by atoms with Crippen molar-refractivity contribution in [2.24, 2.45) is 5.41 Å². The molecule has 1 N–H and O–H groups in total. The summed E-state index contributed by atoms with van der Waals surface area (Å²) in [5, 5.41) is 9.67. The molecule has 1 atom stereocenters. The third-order valence-electron chi connectivity index (χ3n) is 4.18. The Kier molecular flexibility index (Phi) is 1.85. The lowest BCUT2D eigenvalue weighted by molar-refractivity contribution is 0.232. The van der Waals surface area contributed by atoms with E-state index in [1.807, 2.05) is 5.51 Å². The number of hydrogen-bond acceptors (Lipinski definition) is 3. The van der Waals surface area contributed by atoms with Gasteiger partial charge in [0.15, 0.2) is 0 Å². The van der Waals surface area contributed by atoms with Crippen LogP contribution < -0.4 is 0 Å². The number of aliphatic hydroxyl groups is 1. The molecule has 0 aromatic carbocycles. The zero-order valence-electron chi connectivity index (χ0n) is 9.29. The van der Waals surface area contributed by atoms with Gasteiger partial charge in [0.05, 0.1) is 17.8 Å². The Bertz CT molecular complexity index is 394. The zero-order valence-corrected chi connectivity index (χ0v) is 10.1. The van der Waals surface area contributed by atoms with Crippen LogP contribution in [0, 0.1) is 5.41 Å². The van der Waals surface area contributed by atoms with Crippen molar-refractivity contribution in [3.63, 3.8) is 0 Å². The fraction of sp³-hybridized carbons (Fsp3) is 0.750. The van der Waals surface area contributed by atoms with E-state index in [4.69, 9.17) is 0 Å². The first-order chi connectivity index (χ1) is 7.11. The number of aromatic nitrogens is 1. The van der Waals surface area contributed by atoms with E-state index in [0.717, 1.165) is 6.42 Å². The molecule has 15 heavy (non-hydrogen) atoms. The molecule has 1 aromatic rings. The summed E-state index contributed by atoms with van der Waals surface area (Å²) in [7, 11) is 0. The van der Waals surface area contributed by atoms with Gasteiger partial charge in [0.1, 0.15) is 0 Å². The van der Waals surface area contributed by atoms with E-state index in [0.29, 0.717) is 5.92 Å². The Morgan fingerprint density at radius 3 is 2.67 bits per heavy atom. The molecule has 0 spiro atoms. The molecule has 2 fully saturated rings. The summed E-state index contributed by atoms with van der Waals surface area (Å²) >= 11 is 1.74. The van der Waals surface area contributed by atoms with Gasteiger partial charge in [-0.25, -0.2) is 4.98 Å². The molecule has 0 amide bonds. The number of rotatable bonds is 3. The Labute approximate surface area is 94.4 Å². The molecule has 2 aliphatic rings. The van der Waals surface area contributed by atoms with Gasteiger partial charge in [-0.1, -0.05) is 13.8 Å². The van der Waals surface area contributed by atoms with Crippen LogP contribution in [0.4, 0.5) is 0 Å². The van der Waals surface area contributed by atoms with Crippen LogP contribution in [0.25, 0.3) is 0 Å². The second-order valence-corrected chi connectivity index (χ2v) is 6.50. The fourth-order valence-electron chi connectivity index (χ4n) is 2.70. The zero-order chi connectivity index (χ0) is 10.7. The topological polar surface area (TPSA) is 33.1 Å². The average Bonchev–Trinajstić information content (AvgIpc) is 3.06. The number of nitrogens with zero attached hydrogens (tertiary/aromatic N) is 1. The van der Waals surface area contributed by atoms with Crippen LogP contribution in [0.15, 0.2) is 5.51 Å². The summed E-state index contributed by atoms with van der Waals surface area (Å²) in [4.78, 5) is 5.88. The van der Waals surface area contributed by atoms with Gasteiger partial charge in [0.2, 0.25) is 0 Å². The predicted molar refractivity (Wildman–Crippen MR) is 61.3 cm³/mol. The molecule has 0 radical (unpaired) electrons. The van der Waals surface area contributed by atoms with E-state index in [1.54, 1.807) is 11.3 Å². The van der Waals surface area contributed by atoms with Gasteiger partial charge in [-0.05, 0) is 24.7 Å². The third-order valence-corrected chi connectivity index (χ3v) is 5.22. The summed E-state index contributed by atoms with van der Waals surface area (Å²) in [6.45, 7) is 4.78. The van der Waals surface area contributed by atoms with Crippen molar-refractivity contribution in [3.05, 3.63) is 16.1 Å². The Balaban J connectivity index is 2.01. The maximum atomic E-state index is 9.67. The highest BCUT2D eigenvalue weighted by Crippen LogP contribution is 2.66. The Hall–Kier alpha value is -0.410. The first-order valence-corrected chi connectivity index (χ1v) is 6.53. The largest absolute Gasteiger partial charge is 0.395 e. The maximum Gasteiger partial charge on any atom is 0.0798 e. The number of aliphatic hydroxyl groups excluding tert-OH is 1. The Morgan fingerprint density at radius 1 is 1.53 bits per heavy atom. The van der Waals surface area contributed by atoms with Gasteiger partial charge in [0, 0.05) is 16.2 Å². The van der Waals surface area contributed by atoms with Crippen LogP contribution in [-0.4, -0.2) is 16.7 Å². The molecule has 1 heterocycles. The molecule has 2 nitrogen and oxygen atoms in total. The van der Waals surface area contributed by atoms with Crippen molar-refractivity contribution < 1.29 is 5.11 Å². The first-order valence-electron chi connectivity index (χ1n) is 5.65. The molecule has 1 unspecified atom stereocenters. The molecular weight excluding hydrogens is 206 g/mol. The van der Waals surface area contributed by atoms with E-state index in [9.17, 15) is 5.11 Å². The minimum atomic E-state index is 0.0338.